The number of hydrogen-bond donors (Lipinski definition) is 0. The highest BCUT2D eigenvalue weighted by Crippen LogP contribution is 2.35. The van der Waals surface area contributed by atoms with Crippen LogP contribution in [0.4, 0.5) is 0 Å². The summed E-state index contributed by atoms with van der Waals surface area (Å²) in [7, 11) is 0. The van der Waals surface area contributed by atoms with Crippen molar-refractivity contribution in [1.29, 1.82) is 0 Å². The first-order chi connectivity index (χ1) is 11.3. The van der Waals surface area contributed by atoms with E-state index in [2.05, 4.69) is 0 Å². The Morgan fingerprint density at radius 1 is 1.00 bits per heavy atom. The van der Waals surface area contributed by atoms with E-state index in [0.717, 1.165) is 26.7 Å². The van der Waals surface area contributed by atoms with Crippen LogP contribution in [-0.2, 0) is 16.0 Å². The topological polar surface area (TPSA) is 39.2 Å². The molecule has 0 bridgehead atoms. The Labute approximate surface area is 139 Å². The SMILES string of the molecule is CCOC(=O)Cc1nc(-c2ccccc2)sc1-c1ccccc1. The van der Waals surface area contributed by atoms with Crippen molar-refractivity contribution < 1.29 is 9.53 Å². The fraction of sp³-hybridized carbons (Fsp3) is 0.158. The molecule has 2 aromatic carbocycles. The maximum Gasteiger partial charge on any atom is 0.311 e. The maximum atomic E-state index is 11.9. The molecule has 0 unspecified atom stereocenters. The molecule has 23 heavy (non-hydrogen) atoms. The molecule has 0 aliphatic carbocycles. The van der Waals surface area contributed by atoms with Gasteiger partial charge in [0.1, 0.15) is 5.01 Å². The lowest BCUT2D eigenvalue weighted by molar-refractivity contribution is -0.142. The molecule has 3 rings (SSSR count). The zero-order chi connectivity index (χ0) is 16.1. The monoisotopic (exact) mass is 323 g/mol. The van der Waals surface area contributed by atoms with Crippen molar-refractivity contribution in [2.45, 2.75) is 13.3 Å². The van der Waals surface area contributed by atoms with Crippen LogP contribution in [-0.4, -0.2) is 17.6 Å². The van der Waals surface area contributed by atoms with Gasteiger partial charge in [-0.05, 0) is 12.5 Å². The summed E-state index contributed by atoms with van der Waals surface area (Å²) in [4.78, 5) is 17.6. The number of benzene rings is 2. The first-order valence-corrected chi connectivity index (χ1v) is 8.35. The Bertz CT molecular complexity index is 782. The highest BCUT2D eigenvalue weighted by Gasteiger charge is 2.17. The number of nitrogens with zero attached hydrogens (tertiary/aromatic N) is 1. The molecule has 0 saturated heterocycles. The third-order valence-electron chi connectivity index (χ3n) is 3.37. The van der Waals surface area contributed by atoms with Crippen molar-refractivity contribution in [2.75, 3.05) is 6.61 Å². The van der Waals surface area contributed by atoms with Crippen molar-refractivity contribution >= 4 is 17.3 Å². The molecule has 0 saturated carbocycles. The Kier molecular flexibility index (Phi) is 4.83. The first kappa shape index (κ1) is 15.4. The van der Waals surface area contributed by atoms with Crippen molar-refractivity contribution in [3.8, 4) is 21.0 Å². The molecule has 1 heterocycles. The van der Waals surface area contributed by atoms with Crippen LogP contribution in [0.25, 0.3) is 21.0 Å². The molecule has 0 fully saturated rings. The van der Waals surface area contributed by atoms with Crippen molar-refractivity contribution in [3.63, 3.8) is 0 Å². The number of carbonyl (C=O) groups is 1. The molecule has 0 radical (unpaired) electrons. The van der Waals surface area contributed by atoms with Gasteiger partial charge in [-0.1, -0.05) is 60.7 Å². The second-order valence-electron chi connectivity index (χ2n) is 5.01. The highest BCUT2D eigenvalue weighted by atomic mass is 32.1. The van der Waals surface area contributed by atoms with Gasteiger partial charge in [0.05, 0.1) is 23.6 Å². The second-order valence-corrected chi connectivity index (χ2v) is 6.01. The standard InChI is InChI=1S/C19H17NO2S/c1-2-22-17(21)13-16-18(14-9-5-3-6-10-14)23-19(20-16)15-11-7-4-8-12-15/h3-12H,2,13H2,1H3. The quantitative estimate of drug-likeness (QED) is 0.645. The Hall–Kier alpha value is -2.46. The third kappa shape index (κ3) is 3.66. The molecule has 0 atom stereocenters. The lowest BCUT2D eigenvalue weighted by atomic mass is 10.1. The molecule has 0 N–H and O–H groups in total. The lowest BCUT2D eigenvalue weighted by Crippen LogP contribution is -2.08. The summed E-state index contributed by atoms with van der Waals surface area (Å²) in [5.74, 6) is -0.241. The van der Waals surface area contributed by atoms with Crippen molar-refractivity contribution in [2.24, 2.45) is 0 Å². The van der Waals surface area contributed by atoms with E-state index in [1.54, 1.807) is 11.3 Å². The summed E-state index contributed by atoms with van der Waals surface area (Å²) in [5.41, 5.74) is 2.91. The van der Waals surface area contributed by atoms with Crippen molar-refractivity contribution in [3.05, 3.63) is 66.4 Å². The Morgan fingerprint density at radius 2 is 1.61 bits per heavy atom. The Morgan fingerprint density at radius 3 is 2.22 bits per heavy atom. The zero-order valence-electron chi connectivity index (χ0n) is 12.9. The molecular weight excluding hydrogens is 306 g/mol. The normalized spacial score (nSPS) is 10.5. The summed E-state index contributed by atoms with van der Waals surface area (Å²) < 4.78 is 5.08. The van der Waals surface area contributed by atoms with Crippen LogP contribution in [0.3, 0.4) is 0 Å². The van der Waals surface area contributed by atoms with Gasteiger partial charge in [-0.25, -0.2) is 4.98 Å². The van der Waals surface area contributed by atoms with Gasteiger partial charge in [-0.2, -0.15) is 0 Å². The fourth-order valence-electron chi connectivity index (χ4n) is 2.34. The van der Waals surface area contributed by atoms with E-state index in [1.165, 1.54) is 0 Å². The van der Waals surface area contributed by atoms with Gasteiger partial charge in [0.25, 0.3) is 0 Å². The minimum Gasteiger partial charge on any atom is -0.466 e. The molecule has 0 spiro atoms. The number of aromatic nitrogens is 1. The second kappa shape index (κ2) is 7.20. The summed E-state index contributed by atoms with van der Waals surface area (Å²) in [5, 5.41) is 0.920. The van der Waals surface area contributed by atoms with Gasteiger partial charge in [0.15, 0.2) is 0 Å². The van der Waals surface area contributed by atoms with E-state index in [9.17, 15) is 4.79 Å². The average molecular weight is 323 g/mol. The predicted octanol–water partition coefficient (Wildman–Crippen LogP) is 4.58. The van der Waals surface area contributed by atoms with Crippen LogP contribution < -0.4 is 0 Å². The number of hydrogen-bond acceptors (Lipinski definition) is 4. The summed E-state index contributed by atoms with van der Waals surface area (Å²) in [6, 6.07) is 20.1. The van der Waals surface area contributed by atoms with Gasteiger partial charge in [0, 0.05) is 5.56 Å². The van der Waals surface area contributed by atoms with Crippen molar-refractivity contribution in [1.82, 2.24) is 4.98 Å². The summed E-state index contributed by atoms with van der Waals surface area (Å²) in [6.07, 6.45) is 0.196. The Balaban J connectivity index is 2.02. The summed E-state index contributed by atoms with van der Waals surface area (Å²) >= 11 is 1.61. The molecule has 1 aromatic heterocycles. The number of ether oxygens (including phenoxy) is 1. The van der Waals surface area contributed by atoms with Crippen LogP contribution in [0.2, 0.25) is 0 Å². The first-order valence-electron chi connectivity index (χ1n) is 7.54. The molecule has 0 aliphatic rings. The smallest absolute Gasteiger partial charge is 0.311 e. The van der Waals surface area contributed by atoms with E-state index < -0.39 is 0 Å². The van der Waals surface area contributed by atoms with Crippen LogP contribution in [0.15, 0.2) is 60.7 Å². The molecule has 3 aromatic rings. The molecule has 116 valence electrons. The minimum atomic E-state index is -0.241. The predicted molar refractivity (Wildman–Crippen MR) is 93.3 cm³/mol. The number of esters is 1. The molecular formula is C19H17NO2S. The molecule has 3 nitrogen and oxygen atoms in total. The minimum absolute atomic E-state index is 0.196. The van der Waals surface area contributed by atoms with Crippen LogP contribution >= 0.6 is 11.3 Å². The summed E-state index contributed by atoms with van der Waals surface area (Å²) in [6.45, 7) is 2.20. The van der Waals surface area contributed by atoms with E-state index in [1.807, 2.05) is 67.6 Å². The van der Waals surface area contributed by atoms with Crippen LogP contribution in [0.5, 0.6) is 0 Å². The largest absolute Gasteiger partial charge is 0.466 e. The van der Waals surface area contributed by atoms with E-state index in [-0.39, 0.29) is 12.4 Å². The van der Waals surface area contributed by atoms with Gasteiger partial charge in [0.2, 0.25) is 0 Å². The van der Waals surface area contributed by atoms with E-state index in [0.29, 0.717) is 6.61 Å². The average Bonchev–Trinajstić information content (AvgIpc) is 3.00. The molecule has 0 aliphatic heterocycles. The van der Waals surface area contributed by atoms with Gasteiger partial charge in [-0.15, -0.1) is 11.3 Å². The zero-order valence-corrected chi connectivity index (χ0v) is 13.7. The fourth-order valence-corrected chi connectivity index (χ4v) is 3.43. The van der Waals surface area contributed by atoms with E-state index in [4.69, 9.17) is 9.72 Å². The number of rotatable bonds is 5. The van der Waals surface area contributed by atoms with Gasteiger partial charge >= 0.3 is 5.97 Å². The maximum absolute atomic E-state index is 11.9. The van der Waals surface area contributed by atoms with Crippen LogP contribution in [0, 0.1) is 0 Å². The van der Waals surface area contributed by atoms with E-state index >= 15 is 0 Å². The molecule has 0 amide bonds. The van der Waals surface area contributed by atoms with Crippen LogP contribution in [0.1, 0.15) is 12.6 Å². The third-order valence-corrected chi connectivity index (χ3v) is 4.57. The van der Waals surface area contributed by atoms with Gasteiger partial charge in [-0.3, -0.25) is 4.79 Å². The lowest BCUT2D eigenvalue weighted by Gasteiger charge is -2.02. The number of carbonyl (C=O) groups excluding carboxylic acids is 1. The highest BCUT2D eigenvalue weighted by molar-refractivity contribution is 7.18. The molecule has 4 heteroatoms. The van der Waals surface area contributed by atoms with Gasteiger partial charge < -0.3 is 4.74 Å². The number of thiazole rings is 1.